The normalized spacial score (nSPS) is 14.2. The summed E-state index contributed by atoms with van der Waals surface area (Å²) < 4.78 is 45.3. The summed E-state index contributed by atoms with van der Waals surface area (Å²) in [4.78, 5) is 0. The van der Waals surface area contributed by atoms with Gasteiger partial charge in [0.05, 0.1) is 0 Å². The molecule has 0 N–H and O–H groups in total. The number of benzene rings is 1. The molecule has 0 fully saturated rings. The summed E-state index contributed by atoms with van der Waals surface area (Å²) in [6.07, 6.45) is 0. The zero-order chi connectivity index (χ0) is 19.5. The van der Waals surface area contributed by atoms with Crippen molar-refractivity contribution in [3.8, 4) is 0 Å². The maximum atomic E-state index is 15.2. The molecule has 1 unspecified atom stereocenters. The Morgan fingerprint density at radius 3 is 1.17 bits per heavy atom. The van der Waals surface area contributed by atoms with Crippen LogP contribution in [0.25, 0.3) is 0 Å². The Morgan fingerprint density at radius 2 is 0.833 bits per heavy atom. The van der Waals surface area contributed by atoms with Gasteiger partial charge in [0.15, 0.2) is 11.6 Å². The number of halogens is 3. The molecule has 0 bridgehead atoms. The standard InChI is InChI=1S/C20H32F3P/c1-17(2,3)19(7,8)11-13(21)14(22)12(16(24)15(11)23)20(9,10)18(4,5)6/h24H2,1-10H3. The van der Waals surface area contributed by atoms with Crippen molar-refractivity contribution >= 4 is 14.5 Å². The number of rotatable bonds is 2. The Labute approximate surface area is 147 Å². The first kappa shape index (κ1) is 21.5. The third kappa shape index (κ3) is 3.14. The quantitative estimate of drug-likeness (QED) is 0.432. The van der Waals surface area contributed by atoms with E-state index in [0.717, 1.165) is 0 Å². The van der Waals surface area contributed by atoms with Gasteiger partial charge in [-0.2, -0.15) is 0 Å². The van der Waals surface area contributed by atoms with Crippen molar-refractivity contribution in [1.29, 1.82) is 0 Å². The van der Waals surface area contributed by atoms with Gasteiger partial charge < -0.3 is 0 Å². The lowest BCUT2D eigenvalue weighted by Gasteiger charge is -2.43. The topological polar surface area (TPSA) is 0 Å². The third-order valence-electron chi connectivity index (χ3n) is 6.36. The first-order chi connectivity index (χ1) is 10.4. The summed E-state index contributed by atoms with van der Waals surface area (Å²) >= 11 is 0. The van der Waals surface area contributed by atoms with E-state index in [1.807, 2.05) is 55.4 Å². The Balaban J connectivity index is 3.91. The van der Waals surface area contributed by atoms with Gasteiger partial charge in [-0.05, 0) is 16.2 Å². The summed E-state index contributed by atoms with van der Waals surface area (Å²) in [5.74, 6) is -2.66. The predicted octanol–water partition coefficient (Wildman–Crippen LogP) is 6.25. The molecule has 1 atom stereocenters. The van der Waals surface area contributed by atoms with Crippen LogP contribution < -0.4 is 5.30 Å². The van der Waals surface area contributed by atoms with Crippen LogP contribution in [0.15, 0.2) is 0 Å². The van der Waals surface area contributed by atoms with Gasteiger partial charge in [0.1, 0.15) is 5.82 Å². The van der Waals surface area contributed by atoms with Crippen LogP contribution >= 0.6 is 9.24 Å². The molecule has 0 aliphatic carbocycles. The lowest BCUT2D eigenvalue weighted by molar-refractivity contribution is 0.203. The van der Waals surface area contributed by atoms with E-state index in [4.69, 9.17) is 0 Å². The molecule has 0 spiro atoms. The van der Waals surface area contributed by atoms with E-state index < -0.39 is 33.7 Å². The lowest BCUT2D eigenvalue weighted by Crippen LogP contribution is -2.42. The summed E-state index contributed by atoms with van der Waals surface area (Å²) in [6.45, 7) is 18.7. The minimum atomic E-state index is -1.06. The molecule has 0 amide bonds. The van der Waals surface area contributed by atoms with Crippen LogP contribution in [-0.4, -0.2) is 0 Å². The van der Waals surface area contributed by atoms with E-state index in [9.17, 15) is 0 Å². The van der Waals surface area contributed by atoms with Crippen LogP contribution in [0, 0.1) is 28.3 Å². The second-order valence-electron chi connectivity index (χ2n) is 9.86. The monoisotopic (exact) mass is 360 g/mol. The zero-order valence-corrected chi connectivity index (χ0v) is 17.9. The minimum absolute atomic E-state index is 0.100. The van der Waals surface area contributed by atoms with Crippen molar-refractivity contribution in [2.45, 2.75) is 80.1 Å². The summed E-state index contributed by atoms with van der Waals surface area (Å²) in [5.41, 5.74) is -2.47. The third-order valence-corrected chi connectivity index (χ3v) is 6.90. The van der Waals surface area contributed by atoms with E-state index in [1.165, 1.54) is 0 Å². The van der Waals surface area contributed by atoms with Gasteiger partial charge in [-0.3, -0.25) is 0 Å². The van der Waals surface area contributed by atoms with Crippen LogP contribution in [0.5, 0.6) is 0 Å². The predicted molar refractivity (Wildman–Crippen MR) is 101 cm³/mol. The number of hydrogen-bond donors (Lipinski definition) is 0. The highest BCUT2D eigenvalue weighted by molar-refractivity contribution is 7.27. The summed E-state index contributed by atoms with van der Waals surface area (Å²) in [7, 11) is 2.30. The second-order valence-corrected chi connectivity index (χ2v) is 10.4. The van der Waals surface area contributed by atoms with Crippen LogP contribution in [0.2, 0.25) is 0 Å². The van der Waals surface area contributed by atoms with Crippen molar-refractivity contribution in [1.82, 2.24) is 0 Å². The van der Waals surface area contributed by atoms with E-state index >= 15 is 13.2 Å². The van der Waals surface area contributed by atoms with Crippen LogP contribution in [0.4, 0.5) is 13.2 Å². The van der Waals surface area contributed by atoms with E-state index in [1.54, 1.807) is 13.8 Å². The van der Waals surface area contributed by atoms with Crippen molar-refractivity contribution in [3.63, 3.8) is 0 Å². The average Bonchev–Trinajstić information content (AvgIpc) is 2.33. The Hall–Kier alpha value is -0.560. The first-order valence-electron chi connectivity index (χ1n) is 8.36. The molecule has 1 rings (SSSR count). The molecule has 24 heavy (non-hydrogen) atoms. The van der Waals surface area contributed by atoms with Gasteiger partial charge in [0, 0.05) is 21.8 Å². The van der Waals surface area contributed by atoms with E-state index in [0.29, 0.717) is 0 Å². The lowest BCUT2D eigenvalue weighted by atomic mass is 9.62. The molecule has 0 aliphatic heterocycles. The van der Waals surface area contributed by atoms with Gasteiger partial charge >= 0.3 is 0 Å². The van der Waals surface area contributed by atoms with Crippen molar-refractivity contribution in [2.75, 3.05) is 0 Å². The highest BCUT2D eigenvalue weighted by atomic mass is 31.0. The van der Waals surface area contributed by atoms with Gasteiger partial charge in [0.2, 0.25) is 0 Å². The van der Waals surface area contributed by atoms with Gasteiger partial charge in [-0.1, -0.05) is 69.2 Å². The highest BCUT2D eigenvalue weighted by Gasteiger charge is 2.45. The second kappa shape index (κ2) is 6.01. The molecular weight excluding hydrogens is 328 g/mol. The van der Waals surface area contributed by atoms with Gasteiger partial charge in [-0.25, -0.2) is 13.2 Å². The molecule has 0 saturated carbocycles. The fourth-order valence-electron chi connectivity index (χ4n) is 2.59. The number of hydrogen-bond acceptors (Lipinski definition) is 0. The zero-order valence-electron chi connectivity index (χ0n) is 16.7. The van der Waals surface area contributed by atoms with Crippen molar-refractivity contribution in [2.24, 2.45) is 10.8 Å². The van der Waals surface area contributed by atoms with Crippen molar-refractivity contribution in [3.05, 3.63) is 28.6 Å². The molecule has 0 nitrogen and oxygen atoms in total. The fourth-order valence-corrected chi connectivity index (χ4v) is 3.22. The maximum Gasteiger partial charge on any atom is 0.165 e. The van der Waals surface area contributed by atoms with Crippen LogP contribution in [0.3, 0.4) is 0 Å². The van der Waals surface area contributed by atoms with Crippen LogP contribution in [-0.2, 0) is 10.8 Å². The molecule has 0 aromatic heterocycles. The first-order valence-corrected chi connectivity index (χ1v) is 8.93. The van der Waals surface area contributed by atoms with E-state index in [2.05, 4.69) is 9.24 Å². The van der Waals surface area contributed by atoms with E-state index in [-0.39, 0.29) is 21.8 Å². The average molecular weight is 360 g/mol. The molecule has 138 valence electrons. The van der Waals surface area contributed by atoms with Crippen LogP contribution in [0.1, 0.15) is 80.4 Å². The fraction of sp³-hybridized carbons (Fsp3) is 0.700. The summed E-state index contributed by atoms with van der Waals surface area (Å²) in [6, 6.07) is 0. The molecule has 0 radical (unpaired) electrons. The maximum absolute atomic E-state index is 15.2. The molecule has 0 aliphatic rings. The van der Waals surface area contributed by atoms with Crippen molar-refractivity contribution < 1.29 is 13.2 Å². The highest BCUT2D eigenvalue weighted by Crippen LogP contribution is 2.47. The SMILES string of the molecule is CC(C)(C)C(C)(C)c1c(F)c(F)c(C(C)(C)C(C)(C)C)c(P)c1F. The molecule has 1 aromatic rings. The molecule has 0 saturated heterocycles. The van der Waals surface area contributed by atoms with Gasteiger partial charge in [-0.15, -0.1) is 9.24 Å². The summed E-state index contributed by atoms with van der Waals surface area (Å²) in [5, 5.41) is 0.126. The molecule has 4 heteroatoms. The van der Waals surface area contributed by atoms with Gasteiger partial charge in [0.25, 0.3) is 0 Å². The Kier molecular flexibility index (Phi) is 5.38. The Bertz CT molecular complexity index is 558. The molecular formula is C20H32F3P. The smallest absolute Gasteiger partial charge is 0.165 e. The minimum Gasteiger partial charge on any atom is -0.206 e. The largest absolute Gasteiger partial charge is 0.206 e. The molecule has 1 aromatic carbocycles. The Morgan fingerprint density at radius 1 is 0.542 bits per heavy atom. The molecule has 0 heterocycles.